The monoisotopic (exact) mass is 719 g/mol. The van der Waals surface area contributed by atoms with Crippen molar-refractivity contribution >= 4 is 41.0 Å². The van der Waals surface area contributed by atoms with Gasteiger partial charge in [0.15, 0.2) is 23.9 Å². The van der Waals surface area contributed by atoms with E-state index in [2.05, 4.69) is 4.90 Å². The summed E-state index contributed by atoms with van der Waals surface area (Å²) >= 11 is 13.2. The number of aromatic nitrogens is 1. The number of ether oxygens (including phenoxy) is 3. The zero-order valence-corrected chi connectivity index (χ0v) is 29.6. The molecular formula is C38H39Cl2N3O7. The predicted octanol–water partition coefficient (Wildman–Crippen LogP) is 7.26. The number of hydrogen-bond donors (Lipinski definition) is 1. The van der Waals surface area contributed by atoms with Crippen LogP contribution in [0.25, 0.3) is 0 Å². The number of halogens is 2. The Morgan fingerprint density at radius 3 is 2.32 bits per heavy atom. The Morgan fingerprint density at radius 1 is 1.00 bits per heavy atom. The van der Waals surface area contributed by atoms with Crippen molar-refractivity contribution in [2.75, 3.05) is 38.8 Å². The molecule has 3 saturated heterocycles. The molecule has 0 aliphatic carbocycles. The summed E-state index contributed by atoms with van der Waals surface area (Å²) in [4.78, 5) is 31.2. The van der Waals surface area contributed by atoms with Crippen LogP contribution in [0.5, 0.6) is 11.5 Å². The van der Waals surface area contributed by atoms with Crippen LogP contribution in [-0.4, -0.2) is 62.0 Å². The highest BCUT2D eigenvalue weighted by molar-refractivity contribution is 6.35. The van der Waals surface area contributed by atoms with Crippen LogP contribution in [0.3, 0.4) is 0 Å². The summed E-state index contributed by atoms with van der Waals surface area (Å²) in [5.74, 6) is -0.588. The molecule has 7 rings (SSSR count). The van der Waals surface area contributed by atoms with Gasteiger partial charge in [0, 0.05) is 18.0 Å². The van der Waals surface area contributed by atoms with Crippen LogP contribution in [0, 0.1) is 18.0 Å². The van der Waals surface area contributed by atoms with Crippen molar-refractivity contribution < 1.29 is 33.6 Å². The van der Waals surface area contributed by atoms with E-state index in [0.717, 1.165) is 31.5 Å². The van der Waals surface area contributed by atoms with Crippen LogP contribution in [0.1, 0.15) is 56.9 Å². The van der Waals surface area contributed by atoms with Gasteiger partial charge in [0.1, 0.15) is 16.1 Å². The molecular weight excluding hydrogens is 681 g/mol. The first-order valence-corrected chi connectivity index (χ1v) is 17.2. The lowest BCUT2D eigenvalue weighted by Crippen LogP contribution is -2.53. The van der Waals surface area contributed by atoms with Crippen molar-refractivity contribution in [2.24, 2.45) is 5.92 Å². The molecule has 3 aliphatic rings. The summed E-state index contributed by atoms with van der Waals surface area (Å²) in [5, 5.41) is 23.0. The normalized spacial score (nSPS) is 18.7. The van der Waals surface area contributed by atoms with E-state index in [1.54, 1.807) is 29.2 Å². The van der Waals surface area contributed by atoms with Gasteiger partial charge in [-0.25, -0.2) is 9.59 Å². The average molecular weight is 721 g/mol. The largest absolute Gasteiger partial charge is 0.619 e. The number of amides is 1. The maximum absolute atomic E-state index is 14.3. The number of nitrogens with zero attached hydrogens (tertiary/aromatic N) is 3. The maximum Gasteiger partial charge on any atom is 0.414 e. The molecule has 0 saturated carbocycles. The van der Waals surface area contributed by atoms with Gasteiger partial charge in [-0.1, -0.05) is 59.6 Å². The van der Waals surface area contributed by atoms with Gasteiger partial charge >= 0.3 is 12.1 Å². The molecule has 0 radical (unpaired) electrons. The lowest BCUT2D eigenvalue weighted by molar-refractivity contribution is -0.605. The molecule has 1 aromatic heterocycles. The molecule has 3 fully saturated rings. The van der Waals surface area contributed by atoms with Gasteiger partial charge in [0.25, 0.3) is 0 Å². The predicted molar refractivity (Wildman–Crippen MR) is 191 cm³/mol. The number of benzene rings is 3. The number of carbonyl (C=O) groups excluding carboxylic acids is 1. The SMILES string of the molecule is COc1ccc([C@H](Cc2c(Cl)c[n+]([O-])cc2Cl)c2c(CN(C(=O)O[C@H]3CN4CCC3CC4)c3ccccc3C)cccc2C(=O)O)cc1OC. The third-order valence-electron chi connectivity index (χ3n) is 9.85. The first-order valence-electron chi connectivity index (χ1n) is 16.5. The van der Waals surface area contributed by atoms with Crippen molar-refractivity contribution in [3.63, 3.8) is 0 Å². The second kappa shape index (κ2) is 15.2. The molecule has 1 amide bonds. The highest BCUT2D eigenvalue weighted by Gasteiger charge is 2.38. The van der Waals surface area contributed by atoms with Crippen LogP contribution < -0.4 is 19.1 Å². The van der Waals surface area contributed by atoms with E-state index in [1.807, 2.05) is 43.3 Å². The molecule has 0 unspecified atom stereocenters. The number of piperidine rings is 3. The van der Waals surface area contributed by atoms with Crippen molar-refractivity contribution in [2.45, 2.75) is 44.8 Å². The minimum Gasteiger partial charge on any atom is -0.619 e. The lowest BCUT2D eigenvalue weighted by Gasteiger charge is -2.44. The van der Waals surface area contributed by atoms with Crippen LogP contribution in [0.15, 0.2) is 73.1 Å². The number of carbonyl (C=O) groups is 2. The number of fused-ring (bicyclic) bond motifs is 3. The van der Waals surface area contributed by atoms with E-state index in [-0.39, 0.29) is 34.7 Å². The molecule has 0 spiro atoms. The number of carboxylic acids is 1. The Morgan fingerprint density at radius 2 is 1.70 bits per heavy atom. The topological polar surface area (TPSA) is 115 Å². The number of aryl methyl sites for hydroxylation is 1. The number of carboxylic acid groups (broad SMARTS) is 1. The van der Waals surface area contributed by atoms with E-state index in [0.29, 0.717) is 56.6 Å². The molecule has 3 aliphatic heterocycles. The van der Waals surface area contributed by atoms with Crippen LogP contribution >= 0.6 is 23.2 Å². The Bertz CT molecular complexity index is 1870. The van der Waals surface area contributed by atoms with Gasteiger partial charge in [-0.15, -0.1) is 0 Å². The lowest BCUT2D eigenvalue weighted by atomic mass is 9.80. The smallest absolute Gasteiger partial charge is 0.414 e. The molecule has 10 nitrogen and oxygen atoms in total. The molecule has 2 bridgehead atoms. The Balaban J connectivity index is 1.49. The summed E-state index contributed by atoms with van der Waals surface area (Å²) in [5.41, 5.74) is 3.74. The second-order valence-corrected chi connectivity index (χ2v) is 13.6. The third-order valence-corrected chi connectivity index (χ3v) is 10.5. The van der Waals surface area contributed by atoms with E-state index in [9.17, 15) is 19.9 Å². The molecule has 3 aromatic carbocycles. The summed E-state index contributed by atoms with van der Waals surface area (Å²) in [6.45, 7) is 4.65. The van der Waals surface area contributed by atoms with Gasteiger partial charge < -0.3 is 24.5 Å². The number of aromatic carboxylic acids is 1. The Hall–Kier alpha value is -4.51. The van der Waals surface area contributed by atoms with Gasteiger partial charge in [0.2, 0.25) is 0 Å². The number of methoxy groups -OCH3 is 2. The number of pyridine rings is 1. The first-order chi connectivity index (χ1) is 24.1. The van der Waals surface area contributed by atoms with Crippen LogP contribution in [0.2, 0.25) is 10.0 Å². The maximum atomic E-state index is 14.3. The third kappa shape index (κ3) is 7.33. The molecule has 4 aromatic rings. The fourth-order valence-corrected chi connectivity index (χ4v) is 7.86. The van der Waals surface area contributed by atoms with Crippen molar-refractivity contribution in [3.8, 4) is 11.5 Å². The molecule has 262 valence electrons. The number of anilines is 1. The summed E-state index contributed by atoms with van der Waals surface area (Å²) in [6.07, 6.45) is 3.79. The van der Waals surface area contributed by atoms with E-state index >= 15 is 0 Å². The Labute approximate surface area is 301 Å². The van der Waals surface area contributed by atoms with E-state index in [4.69, 9.17) is 37.4 Å². The highest BCUT2D eigenvalue weighted by atomic mass is 35.5. The average Bonchev–Trinajstić information content (AvgIpc) is 3.11. The zero-order valence-electron chi connectivity index (χ0n) is 28.1. The second-order valence-electron chi connectivity index (χ2n) is 12.8. The minimum absolute atomic E-state index is 0.0157. The first kappa shape index (κ1) is 35.3. The molecule has 1 N–H and O–H groups in total. The highest BCUT2D eigenvalue weighted by Crippen LogP contribution is 2.41. The molecule has 2 atom stereocenters. The van der Waals surface area contributed by atoms with Crippen molar-refractivity contribution in [1.82, 2.24) is 4.90 Å². The fraction of sp³-hybridized carbons (Fsp3) is 0.342. The van der Waals surface area contributed by atoms with Gasteiger partial charge in [0.05, 0.1) is 32.0 Å². The van der Waals surface area contributed by atoms with E-state index in [1.165, 1.54) is 26.6 Å². The van der Waals surface area contributed by atoms with Gasteiger partial charge in [-0.2, -0.15) is 4.73 Å². The van der Waals surface area contributed by atoms with Gasteiger partial charge in [-0.05, 0) is 91.7 Å². The zero-order chi connectivity index (χ0) is 35.5. The standard InChI is InChI=1S/C38H39Cl2N3O7/c1-23-7-4-5-10-32(23)43(38(46)50-35-22-41-15-13-24(35)14-16-41)19-26-8-6-9-27(37(44)45)36(26)28(18-29-30(39)20-42(47)21-31(29)40)25-11-12-33(48-2)34(17-25)49-3/h4-12,17,20-21,24,28,35H,13-16,18-19,22H2,1-3H3,(H,44,45)/t28-,35-/m0/s1. The number of hydrogen-bond acceptors (Lipinski definition) is 7. The Kier molecular flexibility index (Phi) is 10.7. The summed E-state index contributed by atoms with van der Waals surface area (Å²) in [7, 11) is 3.05. The number of rotatable bonds is 11. The molecule has 4 heterocycles. The van der Waals surface area contributed by atoms with Crippen molar-refractivity contribution in [3.05, 3.63) is 122 Å². The minimum atomic E-state index is -1.15. The summed E-state index contributed by atoms with van der Waals surface area (Å²) in [6, 6.07) is 17.9. The molecule has 50 heavy (non-hydrogen) atoms. The quantitative estimate of drug-likeness (QED) is 0.127. The van der Waals surface area contributed by atoms with E-state index < -0.39 is 18.0 Å². The fourth-order valence-electron chi connectivity index (χ4n) is 7.26. The van der Waals surface area contributed by atoms with Crippen LogP contribution in [-0.2, 0) is 17.7 Å². The van der Waals surface area contributed by atoms with Crippen molar-refractivity contribution in [1.29, 1.82) is 0 Å². The van der Waals surface area contributed by atoms with Gasteiger partial charge in [-0.3, -0.25) is 9.80 Å². The summed E-state index contributed by atoms with van der Waals surface area (Å²) < 4.78 is 17.9. The molecule has 12 heteroatoms. The number of para-hydroxylation sites is 1. The van der Waals surface area contributed by atoms with Crippen LogP contribution in [0.4, 0.5) is 10.5 Å².